The van der Waals surface area contributed by atoms with E-state index in [1.54, 1.807) is 4.68 Å². The molecule has 4 aromatic rings. The number of aromatic nitrogens is 3. The molecule has 0 atom stereocenters. The number of carbonyl (C=O) groups is 1. The molecule has 0 fully saturated rings. The molecule has 5 heteroatoms. The number of nitrogens with zero attached hydrogens (tertiary/aromatic N) is 3. The van der Waals surface area contributed by atoms with Gasteiger partial charge in [0.25, 0.3) is 5.91 Å². The van der Waals surface area contributed by atoms with Gasteiger partial charge < -0.3 is 5.32 Å². The van der Waals surface area contributed by atoms with Crippen molar-refractivity contribution in [2.75, 3.05) is 5.32 Å². The van der Waals surface area contributed by atoms with Crippen LogP contribution < -0.4 is 5.32 Å². The number of aryl methyl sites for hydroxylation is 3. The zero-order chi connectivity index (χ0) is 21.3. The first kappa shape index (κ1) is 19.6. The van der Waals surface area contributed by atoms with Gasteiger partial charge in [-0.2, -0.15) is 0 Å². The molecule has 1 N–H and O–H groups in total. The Hall–Kier alpha value is -3.73. The van der Waals surface area contributed by atoms with Crippen molar-refractivity contribution in [2.24, 2.45) is 0 Å². The lowest BCUT2D eigenvalue weighted by Crippen LogP contribution is -2.15. The largest absolute Gasteiger partial charge is 0.319 e. The topological polar surface area (TPSA) is 59.8 Å². The number of rotatable bonds is 4. The molecule has 0 bridgehead atoms. The monoisotopic (exact) mass is 396 g/mol. The van der Waals surface area contributed by atoms with Gasteiger partial charge in [-0.3, -0.25) is 4.79 Å². The summed E-state index contributed by atoms with van der Waals surface area (Å²) in [6, 6.07) is 21.8. The second kappa shape index (κ2) is 7.95. The molecule has 0 unspecified atom stereocenters. The molecule has 0 aliphatic rings. The summed E-state index contributed by atoms with van der Waals surface area (Å²) in [4.78, 5) is 17.6. The normalized spacial score (nSPS) is 10.8. The Morgan fingerprint density at radius 2 is 1.63 bits per heavy atom. The predicted octanol–water partition coefficient (Wildman–Crippen LogP) is 5.42. The molecule has 1 amide bonds. The predicted molar refractivity (Wildman–Crippen MR) is 120 cm³/mol. The zero-order valence-corrected chi connectivity index (χ0v) is 17.6. The van der Waals surface area contributed by atoms with Gasteiger partial charge in [0.05, 0.1) is 5.69 Å². The molecular formula is C25H24N4O. The van der Waals surface area contributed by atoms with E-state index in [9.17, 15) is 4.79 Å². The summed E-state index contributed by atoms with van der Waals surface area (Å²) < 4.78 is 1.75. The third kappa shape index (κ3) is 3.74. The fourth-order valence-electron chi connectivity index (χ4n) is 3.46. The summed E-state index contributed by atoms with van der Waals surface area (Å²) in [7, 11) is 0. The van der Waals surface area contributed by atoms with Crippen LogP contribution in [0.4, 0.5) is 5.69 Å². The Kier molecular flexibility index (Phi) is 5.19. The first-order chi connectivity index (χ1) is 14.4. The first-order valence-electron chi connectivity index (χ1n) is 9.91. The number of nitrogens with one attached hydrogen (secondary N) is 1. The lowest BCUT2D eigenvalue weighted by atomic mass is 10.1. The van der Waals surface area contributed by atoms with Crippen LogP contribution in [0.3, 0.4) is 0 Å². The lowest BCUT2D eigenvalue weighted by molar-refractivity contribution is 0.101. The molecule has 0 radical (unpaired) electrons. The molecule has 30 heavy (non-hydrogen) atoms. The quantitative estimate of drug-likeness (QED) is 0.501. The van der Waals surface area contributed by atoms with Crippen LogP contribution in [-0.2, 0) is 0 Å². The molecule has 0 saturated heterocycles. The highest BCUT2D eigenvalue weighted by Gasteiger charge is 2.20. The fourth-order valence-corrected chi connectivity index (χ4v) is 3.46. The molecule has 0 aliphatic heterocycles. The number of anilines is 1. The minimum Gasteiger partial charge on any atom is -0.319 e. The van der Waals surface area contributed by atoms with Crippen molar-refractivity contribution in [3.63, 3.8) is 0 Å². The van der Waals surface area contributed by atoms with Crippen molar-refractivity contribution in [3.05, 3.63) is 94.8 Å². The third-order valence-electron chi connectivity index (χ3n) is 5.28. The Labute approximate surface area is 176 Å². The molecule has 0 aliphatic carbocycles. The van der Waals surface area contributed by atoms with Crippen molar-refractivity contribution in [3.8, 4) is 17.1 Å². The standard InChI is InChI=1S/C25H24N4O/c1-16-13-14-22(18(3)15-16)29-24(20-10-6-5-7-11-20)27-23(28-29)25(30)26-21-12-8-9-17(2)19(21)4/h5-15H,1-4H3,(H,26,30). The van der Waals surface area contributed by atoms with Crippen LogP contribution in [0, 0.1) is 27.7 Å². The number of benzene rings is 3. The number of hydrogen-bond donors (Lipinski definition) is 1. The van der Waals surface area contributed by atoms with E-state index in [4.69, 9.17) is 0 Å². The van der Waals surface area contributed by atoms with E-state index in [1.807, 2.05) is 81.4 Å². The Morgan fingerprint density at radius 3 is 2.37 bits per heavy atom. The van der Waals surface area contributed by atoms with Crippen LogP contribution in [0.2, 0.25) is 0 Å². The third-order valence-corrected chi connectivity index (χ3v) is 5.28. The van der Waals surface area contributed by atoms with Gasteiger partial charge in [-0.05, 0) is 56.5 Å². The summed E-state index contributed by atoms with van der Waals surface area (Å²) >= 11 is 0. The van der Waals surface area contributed by atoms with E-state index < -0.39 is 0 Å². The molecule has 0 saturated carbocycles. The number of amides is 1. The van der Waals surface area contributed by atoms with Crippen LogP contribution in [0.1, 0.15) is 32.9 Å². The number of carbonyl (C=O) groups excluding carboxylic acids is 1. The summed E-state index contributed by atoms with van der Waals surface area (Å²) in [6.07, 6.45) is 0. The summed E-state index contributed by atoms with van der Waals surface area (Å²) in [5, 5.41) is 7.55. The molecule has 1 aromatic heterocycles. The zero-order valence-electron chi connectivity index (χ0n) is 17.6. The smallest absolute Gasteiger partial charge is 0.295 e. The van der Waals surface area contributed by atoms with Gasteiger partial charge in [0.1, 0.15) is 0 Å². The Balaban J connectivity index is 1.79. The van der Waals surface area contributed by atoms with Gasteiger partial charge in [-0.1, -0.05) is 60.2 Å². The SMILES string of the molecule is Cc1ccc(-n2nc(C(=O)Nc3cccc(C)c3C)nc2-c2ccccc2)c(C)c1. The highest BCUT2D eigenvalue weighted by molar-refractivity contribution is 6.02. The maximum absolute atomic E-state index is 13.0. The molecule has 4 rings (SSSR count). The van der Waals surface area contributed by atoms with Crippen LogP contribution in [-0.4, -0.2) is 20.7 Å². The summed E-state index contributed by atoms with van der Waals surface area (Å²) in [5.41, 5.74) is 6.95. The van der Waals surface area contributed by atoms with Crippen molar-refractivity contribution < 1.29 is 4.79 Å². The van der Waals surface area contributed by atoms with E-state index in [2.05, 4.69) is 28.4 Å². The van der Waals surface area contributed by atoms with Crippen molar-refractivity contribution in [2.45, 2.75) is 27.7 Å². The van der Waals surface area contributed by atoms with Gasteiger partial charge in [0.15, 0.2) is 5.82 Å². The van der Waals surface area contributed by atoms with Crippen molar-refractivity contribution in [1.82, 2.24) is 14.8 Å². The van der Waals surface area contributed by atoms with Gasteiger partial charge >= 0.3 is 0 Å². The Morgan fingerprint density at radius 1 is 0.867 bits per heavy atom. The van der Waals surface area contributed by atoms with E-state index in [1.165, 1.54) is 5.56 Å². The second-order valence-electron chi connectivity index (χ2n) is 7.53. The summed E-state index contributed by atoms with van der Waals surface area (Å²) in [5.74, 6) is 0.438. The van der Waals surface area contributed by atoms with Crippen LogP contribution in [0.15, 0.2) is 66.7 Å². The first-order valence-corrected chi connectivity index (χ1v) is 9.91. The van der Waals surface area contributed by atoms with Crippen LogP contribution in [0.25, 0.3) is 17.1 Å². The highest BCUT2D eigenvalue weighted by Crippen LogP contribution is 2.24. The molecule has 5 nitrogen and oxygen atoms in total. The molecule has 0 spiro atoms. The van der Waals surface area contributed by atoms with Gasteiger partial charge in [-0.25, -0.2) is 9.67 Å². The second-order valence-corrected chi connectivity index (χ2v) is 7.53. The van der Waals surface area contributed by atoms with Gasteiger partial charge in [0.2, 0.25) is 5.82 Å². The van der Waals surface area contributed by atoms with E-state index in [0.717, 1.165) is 33.6 Å². The minimum absolute atomic E-state index is 0.134. The maximum atomic E-state index is 13.0. The molecular weight excluding hydrogens is 372 g/mol. The van der Waals surface area contributed by atoms with E-state index in [0.29, 0.717) is 5.82 Å². The molecule has 3 aromatic carbocycles. The fraction of sp³-hybridized carbons (Fsp3) is 0.160. The number of hydrogen-bond acceptors (Lipinski definition) is 3. The van der Waals surface area contributed by atoms with E-state index >= 15 is 0 Å². The average Bonchev–Trinajstić information content (AvgIpc) is 3.17. The maximum Gasteiger partial charge on any atom is 0.295 e. The molecule has 150 valence electrons. The summed E-state index contributed by atoms with van der Waals surface area (Å²) in [6.45, 7) is 8.10. The van der Waals surface area contributed by atoms with Crippen LogP contribution in [0.5, 0.6) is 0 Å². The Bertz CT molecular complexity index is 1230. The van der Waals surface area contributed by atoms with Gasteiger partial charge in [0, 0.05) is 11.3 Å². The van der Waals surface area contributed by atoms with E-state index in [-0.39, 0.29) is 11.7 Å². The van der Waals surface area contributed by atoms with Crippen LogP contribution >= 0.6 is 0 Å². The van der Waals surface area contributed by atoms with Crippen molar-refractivity contribution in [1.29, 1.82) is 0 Å². The minimum atomic E-state index is -0.329. The molecule has 1 heterocycles. The average molecular weight is 396 g/mol. The van der Waals surface area contributed by atoms with Crippen molar-refractivity contribution >= 4 is 11.6 Å². The van der Waals surface area contributed by atoms with Gasteiger partial charge in [-0.15, -0.1) is 5.10 Å². The lowest BCUT2D eigenvalue weighted by Gasteiger charge is -2.10. The highest BCUT2D eigenvalue weighted by atomic mass is 16.2.